The SMILES string of the molecule is Cc1nc(-c2ncccn2)sc1C(=O)NCC(F)(F)c1ccccc1. The van der Waals surface area contributed by atoms with Crippen molar-refractivity contribution in [1.82, 2.24) is 20.3 Å². The van der Waals surface area contributed by atoms with Crippen LogP contribution < -0.4 is 5.32 Å². The minimum Gasteiger partial charge on any atom is -0.345 e. The van der Waals surface area contributed by atoms with Crippen LogP contribution in [-0.2, 0) is 5.92 Å². The second-order valence-electron chi connectivity index (χ2n) is 5.26. The first-order valence-electron chi connectivity index (χ1n) is 7.44. The Morgan fingerprint density at radius 1 is 1.16 bits per heavy atom. The Morgan fingerprint density at radius 2 is 1.84 bits per heavy atom. The molecule has 0 aliphatic carbocycles. The standard InChI is InChI=1S/C17H14F2N4OS/c1-11-13(25-16(23-11)14-20-8-5-9-21-14)15(24)22-10-17(18,19)12-6-3-2-4-7-12/h2-9H,10H2,1H3,(H,22,24). The molecule has 1 aromatic carbocycles. The molecule has 0 radical (unpaired) electrons. The van der Waals surface area contributed by atoms with Gasteiger partial charge in [0.2, 0.25) is 0 Å². The van der Waals surface area contributed by atoms with Crippen molar-refractivity contribution in [3.8, 4) is 10.8 Å². The Balaban J connectivity index is 1.73. The number of aromatic nitrogens is 3. The highest BCUT2D eigenvalue weighted by Gasteiger charge is 2.32. The molecule has 0 spiro atoms. The van der Waals surface area contributed by atoms with Gasteiger partial charge in [-0.2, -0.15) is 8.78 Å². The molecule has 0 aliphatic rings. The molecule has 2 heterocycles. The molecule has 8 heteroatoms. The van der Waals surface area contributed by atoms with Crippen LogP contribution in [-0.4, -0.2) is 27.4 Å². The van der Waals surface area contributed by atoms with Gasteiger partial charge < -0.3 is 5.32 Å². The van der Waals surface area contributed by atoms with Crippen LogP contribution >= 0.6 is 11.3 Å². The summed E-state index contributed by atoms with van der Waals surface area (Å²) in [6.07, 6.45) is 3.14. The fourth-order valence-electron chi connectivity index (χ4n) is 2.17. The summed E-state index contributed by atoms with van der Waals surface area (Å²) in [5, 5.41) is 2.75. The lowest BCUT2D eigenvalue weighted by Crippen LogP contribution is -2.34. The largest absolute Gasteiger partial charge is 0.345 e. The number of hydrogen-bond acceptors (Lipinski definition) is 5. The maximum atomic E-state index is 14.2. The summed E-state index contributed by atoms with van der Waals surface area (Å²) in [4.78, 5) is 24.9. The van der Waals surface area contributed by atoms with Crippen LogP contribution in [0.3, 0.4) is 0 Å². The third-order valence-corrected chi connectivity index (χ3v) is 4.58. The molecular formula is C17H14F2N4OS. The first-order chi connectivity index (χ1) is 12.0. The number of amides is 1. The van der Waals surface area contributed by atoms with Crippen LogP contribution in [0.25, 0.3) is 10.8 Å². The molecule has 3 aromatic rings. The van der Waals surface area contributed by atoms with Crippen molar-refractivity contribution >= 4 is 17.2 Å². The first-order valence-corrected chi connectivity index (χ1v) is 8.25. The number of halogens is 2. The zero-order chi connectivity index (χ0) is 17.9. The molecule has 0 saturated carbocycles. The monoisotopic (exact) mass is 360 g/mol. The van der Waals surface area contributed by atoms with Crippen molar-refractivity contribution in [3.05, 3.63) is 64.9 Å². The third kappa shape index (κ3) is 3.85. The molecule has 1 amide bonds. The Morgan fingerprint density at radius 3 is 2.52 bits per heavy atom. The summed E-state index contributed by atoms with van der Waals surface area (Å²) in [5.74, 6) is -3.35. The number of alkyl halides is 2. The topological polar surface area (TPSA) is 67.8 Å². The van der Waals surface area contributed by atoms with Crippen molar-refractivity contribution in [3.63, 3.8) is 0 Å². The zero-order valence-electron chi connectivity index (χ0n) is 13.2. The number of nitrogens with one attached hydrogen (secondary N) is 1. The summed E-state index contributed by atoms with van der Waals surface area (Å²) in [6, 6.07) is 9.05. The van der Waals surface area contributed by atoms with E-state index in [2.05, 4.69) is 20.3 Å². The van der Waals surface area contributed by atoms with Crippen LogP contribution in [0.15, 0.2) is 48.8 Å². The normalized spacial score (nSPS) is 11.3. The minimum atomic E-state index is -3.15. The van der Waals surface area contributed by atoms with E-state index in [1.54, 1.807) is 31.5 Å². The Bertz CT molecular complexity index is 869. The van der Waals surface area contributed by atoms with Gasteiger partial charge in [0.15, 0.2) is 10.8 Å². The van der Waals surface area contributed by atoms with Crippen LogP contribution in [0.2, 0.25) is 0 Å². The summed E-state index contributed by atoms with van der Waals surface area (Å²) < 4.78 is 28.3. The number of aryl methyl sites for hydroxylation is 1. The number of benzene rings is 1. The highest BCUT2D eigenvalue weighted by molar-refractivity contribution is 7.17. The molecule has 0 bridgehead atoms. The highest BCUT2D eigenvalue weighted by atomic mass is 32.1. The average molecular weight is 360 g/mol. The minimum absolute atomic E-state index is 0.144. The van der Waals surface area contributed by atoms with Gasteiger partial charge in [-0.25, -0.2) is 15.0 Å². The molecule has 3 rings (SSSR count). The zero-order valence-corrected chi connectivity index (χ0v) is 14.1. The Labute approximate surface area is 146 Å². The number of rotatable bonds is 5. The lowest BCUT2D eigenvalue weighted by Gasteiger charge is -2.17. The predicted molar refractivity (Wildman–Crippen MR) is 90.5 cm³/mol. The van der Waals surface area contributed by atoms with E-state index in [1.807, 2.05) is 0 Å². The van der Waals surface area contributed by atoms with Crippen molar-refractivity contribution in [1.29, 1.82) is 0 Å². The molecule has 0 aliphatic heterocycles. The van der Waals surface area contributed by atoms with E-state index < -0.39 is 18.4 Å². The average Bonchev–Trinajstić information content (AvgIpc) is 3.03. The van der Waals surface area contributed by atoms with E-state index in [0.717, 1.165) is 11.3 Å². The number of nitrogens with zero attached hydrogens (tertiary/aromatic N) is 3. The van der Waals surface area contributed by atoms with Gasteiger partial charge in [0, 0.05) is 18.0 Å². The fourth-order valence-corrected chi connectivity index (χ4v) is 3.10. The fraction of sp³-hybridized carbons (Fsp3) is 0.176. The van der Waals surface area contributed by atoms with Crippen molar-refractivity contribution < 1.29 is 13.6 Å². The van der Waals surface area contributed by atoms with E-state index >= 15 is 0 Å². The summed E-state index contributed by atoms with van der Waals surface area (Å²) >= 11 is 1.07. The number of thiazole rings is 1. The van der Waals surface area contributed by atoms with Crippen molar-refractivity contribution in [2.75, 3.05) is 6.54 Å². The van der Waals surface area contributed by atoms with Crippen LogP contribution in [0.1, 0.15) is 20.9 Å². The molecule has 5 nitrogen and oxygen atoms in total. The molecule has 0 atom stereocenters. The summed E-state index contributed by atoms with van der Waals surface area (Å²) in [6.45, 7) is 0.859. The van der Waals surface area contributed by atoms with Crippen LogP contribution in [0.4, 0.5) is 8.78 Å². The Hall–Kier alpha value is -2.74. The van der Waals surface area contributed by atoms with Gasteiger partial charge in [-0.3, -0.25) is 4.79 Å². The van der Waals surface area contributed by atoms with E-state index in [9.17, 15) is 13.6 Å². The van der Waals surface area contributed by atoms with Crippen LogP contribution in [0.5, 0.6) is 0 Å². The smallest absolute Gasteiger partial charge is 0.290 e. The molecule has 1 N–H and O–H groups in total. The van der Waals surface area contributed by atoms with Gasteiger partial charge in [0.05, 0.1) is 12.2 Å². The van der Waals surface area contributed by atoms with Gasteiger partial charge >= 0.3 is 0 Å². The predicted octanol–water partition coefficient (Wildman–Crippen LogP) is 3.43. The third-order valence-electron chi connectivity index (χ3n) is 3.43. The molecule has 2 aromatic heterocycles. The van der Waals surface area contributed by atoms with Crippen LogP contribution in [0, 0.1) is 6.92 Å². The maximum Gasteiger partial charge on any atom is 0.290 e. The van der Waals surface area contributed by atoms with Gasteiger partial charge in [0.1, 0.15) is 4.88 Å². The maximum absolute atomic E-state index is 14.2. The van der Waals surface area contributed by atoms with E-state index in [-0.39, 0.29) is 10.4 Å². The first kappa shape index (κ1) is 17.1. The number of carbonyl (C=O) groups excluding carboxylic acids is 1. The lowest BCUT2D eigenvalue weighted by atomic mass is 10.1. The highest BCUT2D eigenvalue weighted by Crippen LogP contribution is 2.28. The van der Waals surface area contributed by atoms with Crippen molar-refractivity contribution in [2.24, 2.45) is 0 Å². The van der Waals surface area contributed by atoms with E-state index in [1.165, 1.54) is 24.3 Å². The van der Waals surface area contributed by atoms with Gasteiger partial charge in [0.25, 0.3) is 11.8 Å². The van der Waals surface area contributed by atoms with Gasteiger partial charge in [-0.1, -0.05) is 30.3 Å². The van der Waals surface area contributed by atoms with Gasteiger partial charge in [-0.05, 0) is 13.0 Å². The molecule has 25 heavy (non-hydrogen) atoms. The Kier molecular flexibility index (Phi) is 4.80. The van der Waals surface area contributed by atoms with Gasteiger partial charge in [-0.15, -0.1) is 11.3 Å². The molecule has 0 saturated heterocycles. The number of hydrogen-bond donors (Lipinski definition) is 1. The molecule has 128 valence electrons. The van der Waals surface area contributed by atoms with E-state index in [0.29, 0.717) is 16.5 Å². The number of carbonyl (C=O) groups is 1. The second-order valence-corrected chi connectivity index (χ2v) is 6.26. The summed E-state index contributed by atoms with van der Waals surface area (Å²) in [7, 11) is 0. The molecule has 0 unspecified atom stereocenters. The molecule has 0 fully saturated rings. The lowest BCUT2D eigenvalue weighted by molar-refractivity contribution is -0.00244. The van der Waals surface area contributed by atoms with E-state index in [4.69, 9.17) is 0 Å². The second kappa shape index (κ2) is 7.02. The quantitative estimate of drug-likeness (QED) is 0.757. The van der Waals surface area contributed by atoms with Crippen molar-refractivity contribution in [2.45, 2.75) is 12.8 Å². The summed E-state index contributed by atoms with van der Waals surface area (Å²) in [5.41, 5.74) is 0.308. The molecular weight excluding hydrogens is 346 g/mol.